The molecule has 4 heteroatoms. The van der Waals surface area contributed by atoms with Crippen LogP contribution in [0.15, 0.2) is 71.6 Å². The molecule has 4 heterocycles. The van der Waals surface area contributed by atoms with E-state index in [2.05, 4.69) is 46.4 Å². The van der Waals surface area contributed by atoms with Gasteiger partial charge in [-0.1, -0.05) is 12.2 Å². The number of allylic oxidation sites excluding steroid dienone is 3. The van der Waals surface area contributed by atoms with Crippen molar-refractivity contribution >= 4 is 22.8 Å². The van der Waals surface area contributed by atoms with Gasteiger partial charge in [0, 0.05) is 29.3 Å². The second kappa shape index (κ2) is 7.47. The van der Waals surface area contributed by atoms with Gasteiger partial charge in [0.2, 0.25) is 0 Å². The first-order valence-corrected chi connectivity index (χ1v) is 9.96. The van der Waals surface area contributed by atoms with Gasteiger partial charge in [0.05, 0.1) is 22.4 Å². The van der Waals surface area contributed by atoms with Crippen LogP contribution < -0.4 is 0 Å². The van der Waals surface area contributed by atoms with Crippen molar-refractivity contribution in [2.24, 2.45) is 10.9 Å². The van der Waals surface area contributed by atoms with E-state index < -0.39 is 0 Å². The van der Waals surface area contributed by atoms with Crippen molar-refractivity contribution in [1.29, 1.82) is 0 Å². The fraction of sp³-hybridized carbons (Fsp3) is 0.250. The van der Waals surface area contributed by atoms with Crippen molar-refractivity contribution in [2.45, 2.75) is 32.1 Å². The number of aliphatic imine (C=N–C) groups is 1. The summed E-state index contributed by atoms with van der Waals surface area (Å²) in [4.78, 5) is 18.7. The van der Waals surface area contributed by atoms with E-state index in [1.165, 1.54) is 17.0 Å². The van der Waals surface area contributed by atoms with Gasteiger partial charge >= 0.3 is 0 Å². The molecule has 0 saturated carbocycles. The third kappa shape index (κ3) is 3.50. The molecule has 0 fully saturated rings. The minimum Gasteiger partial charge on any atom is -0.257 e. The summed E-state index contributed by atoms with van der Waals surface area (Å²) in [5, 5.41) is 0. The summed E-state index contributed by atoms with van der Waals surface area (Å²) in [6.07, 6.45) is 15.5. The van der Waals surface area contributed by atoms with Crippen LogP contribution in [0.1, 0.15) is 42.6 Å². The summed E-state index contributed by atoms with van der Waals surface area (Å²) < 4.78 is 0. The highest BCUT2D eigenvalue weighted by molar-refractivity contribution is 6.04. The fourth-order valence-corrected chi connectivity index (χ4v) is 4.02. The van der Waals surface area contributed by atoms with Gasteiger partial charge in [0.1, 0.15) is 0 Å². The van der Waals surface area contributed by atoms with E-state index in [4.69, 9.17) is 9.98 Å². The number of hydrogen-bond acceptors (Lipinski definition) is 4. The van der Waals surface area contributed by atoms with Crippen molar-refractivity contribution < 1.29 is 0 Å². The highest BCUT2D eigenvalue weighted by atomic mass is 14.8. The van der Waals surface area contributed by atoms with Gasteiger partial charge in [-0.25, -0.2) is 0 Å². The Balaban J connectivity index is 1.41. The average molecular weight is 366 g/mol. The number of nitrogens with zero attached hydrogens (tertiary/aromatic N) is 4. The Morgan fingerprint density at radius 2 is 1.86 bits per heavy atom. The molecule has 1 aliphatic carbocycles. The van der Waals surface area contributed by atoms with Gasteiger partial charge in [-0.05, 0) is 80.5 Å². The first-order valence-electron chi connectivity index (χ1n) is 9.96. The molecular weight excluding hydrogens is 344 g/mol. The van der Waals surface area contributed by atoms with Crippen molar-refractivity contribution in [2.75, 3.05) is 0 Å². The number of hydrogen-bond donors (Lipinski definition) is 0. The first-order chi connectivity index (χ1) is 13.8. The molecular formula is C24H22N4. The van der Waals surface area contributed by atoms with E-state index in [0.717, 1.165) is 54.5 Å². The Morgan fingerprint density at radius 1 is 0.929 bits per heavy atom. The van der Waals surface area contributed by atoms with Crippen molar-refractivity contribution in [3.05, 3.63) is 83.6 Å². The van der Waals surface area contributed by atoms with Crippen LogP contribution in [-0.2, 0) is 6.42 Å². The van der Waals surface area contributed by atoms with E-state index in [1.807, 2.05) is 24.4 Å². The van der Waals surface area contributed by atoms with Crippen LogP contribution in [0.4, 0.5) is 0 Å². The third-order valence-corrected chi connectivity index (χ3v) is 5.44. The van der Waals surface area contributed by atoms with Crippen molar-refractivity contribution in [1.82, 2.24) is 15.0 Å². The lowest BCUT2D eigenvalue weighted by molar-refractivity contribution is 0.605. The molecule has 1 aliphatic heterocycles. The lowest BCUT2D eigenvalue weighted by Gasteiger charge is -2.21. The molecule has 1 atom stereocenters. The van der Waals surface area contributed by atoms with E-state index >= 15 is 0 Å². The summed E-state index contributed by atoms with van der Waals surface area (Å²) in [7, 11) is 0. The molecule has 0 saturated heterocycles. The Labute approximate surface area is 164 Å². The predicted octanol–water partition coefficient (Wildman–Crippen LogP) is 5.16. The molecule has 2 bridgehead atoms. The lowest BCUT2D eigenvalue weighted by atomic mass is 9.90. The Hall–Kier alpha value is -3.14. The van der Waals surface area contributed by atoms with Gasteiger partial charge in [0.15, 0.2) is 0 Å². The summed E-state index contributed by atoms with van der Waals surface area (Å²) in [5.74, 6) is 0.548. The molecule has 28 heavy (non-hydrogen) atoms. The predicted molar refractivity (Wildman–Crippen MR) is 113 cm³/mol. The number of aromatic nitrogens is 3. The monoisotopic (exact) mass is 366 g/mol. The maximum atomic E-state index is 5.03. The average Bonchev–Trinajstić information content (AvgIpc) is 2.80. The third-order valence-electron chi connectivity index (χ3n) is 5.44. The van der Waals surface area contributed by atoms with Gasteiger partial charge in [-0.15, -0.1) is 0 Å². The van der Waals surface area contributed by atoms with Gasteiger partial charge in [0.25, 0.3) is 0 Å². The molecule has 4 nitrogen and oxygen atoms in total. The second-order valence-electron chi connectivity index (χ2n) is 7.44. The van der Waals surface area contributed by atoms with Gasteiger partial charge in [-0.3, -0.25) is 19.9 Å². The molecule has 0 aromatic carbocycles. The smallest absolute Gasteiger partial charge is 0.0889 e. The van der Waals surface area contributed by atoms with Crippen LogP contribution in [0.25, 0.3) is 17.1 Å². The van der Waals surface area contributed by atoms with Crippen molar-refractivity contribution in [3.8, 4) is 0 Å². The number of fused-ring (bicyclic) bond motifs is 5. The first kappa shape index (κ1) is 17.0. The SMILES string of the molecule is C1=C(CCc2ccc3ncccc3n2)N=C2CC1CC/C=C\c1ncccc12. The molecule has 5 rings (SSSR count). The zero-order valence-corrected chi connectivity index (χ0v) is 15.8. The Bertz CT molecular complexity index is 1110. The van der Waals surface area contributed by atoms with Crippen LogP contribution in [0, 0.1) is 5.92 Å². The number of pyridine rings is 3. The molecule has 3 aromatic heterocycles. The highest BCUT2D eigenvalue weighted by Gasteiger charge is 2.20. The fourth-order valence-electron chi connectivity index (χ4n) is 4.02. The summed E-state index contributed by atoms with van der Waals surface area (Å²) in [6.45, 7) is 0. The zero-order chi connectivity index (χ0) is 18.8. The van der Waals surface area contributed by atoms with Crippen LogP contribution >= 0.6 is 0 Å². The topological polar surface area (TPSA) is 51.0 Å². The number of aryl methyl sites for hydroxylation is 1. The highest BCUT2D eigenvalue weighted by Crippen LogP contribution is 2.29. The van der Waals surface area contributed by atoms with Crippen LogP contribution in [0.2, 0.25) is 0 Å². The second-order valence-corrected chi connectivity index (χ2v) is 7.44. The Kier molecular flexibility index (Phi) is 4.53. The van der Waals surface area contributed by atoms with Crippen molar-refractivity contribution in [3.63, 3.8) is 0 Å². The van der Waals surface area contributed by atoms with Crippen LogP contribution in [-0.4, -0.2) is 20.7 Å². The maximum Gasteiger partial charge on any atom is 0.0889 e. The minimum absolute atomic E-state index is 0.548. The lowest BCUT2D eigenvalue weighted by Crippen LogP contribution is -2.15. The zero-order valence-electron chi connectivity index (χ0n) is 15.8. The molecule has 0 amide bonds. The molecule has 0 N–H and O–H groups in total. The molecule has 1 unspecified atom stereocenters. The van der Waals surface area contributed by atoms with Crippen LogP contribution in [0.3, 0.4) is 0 Å². The van der Waals surface area contributed by atoms with E-state index in [0.29, 0.717) is 5.92 Å². The molecule has 138 valence electrons. The van der Waals surface area contributed by atoms with Crippen LogP contribution in [0.5, 0.6) is 0 Å². The molecule has 0 spiro atoms. The number of rotatable bonds is 3. The van der Waals surface area contributed by atoms with E-state index in [1.54, 1.807) is 6.20 Å². The Morgan fingerprint density at radius 3 is 2.86 bits per heavy atom. The maximum absolute atomic E-state index is 5.03. The summed E-state index contributed by atoms with van der Waals surface area (Å²) in [6, 6.07) is 12.2. The normalized spacial score (nSPS) is 19.6. The minimum atomic E-state index is 0.548. The standard InChI is InChI=1S/C24H22N4/c1-2-7-21-20(6-3-13-25-21)24-16-17(5-1)15-19(28-24)10-9-18-11-12-22-23(27-18)8-4-14-26-22/h2-4,6-8,11-15,17H,1,5,9-10,16H2/b7-2-. The van der Waals surface area contributed by atoms with Gasteiger partial charge in [-0.2, -0.15) is 0 Å². The molecule has 3 aromatic rings. The van der Waals surface area contributed by atoms with E-state index in [9.17, 15) is 0 Å². The van der Waals surface area contributed by atoms with E-state index in [-0.39, 0.29) is 0 Å². The van der Waals surface area contributed by atoms with Gasteiger partial charge < -0.3 is 0 Å². The largest absolute Gasteiger partial charge is 0.257 e. The quantitative estimate of drug-likeness (QED) is 0.643. The molecule has 0 radical (unpaired) electrons. The summed E-state index contributed by atoms with van der Waals surface area (Å²) >= 11 is 0. The molecule has 2 aliphatic rings. The summed E-state index contributed by atoms with van der Waals surface area (Å²) in [5.41, 5.74) is 7.55.